The minimum absolute atomic E-state index is 0.0150. The van der Waals surface area contributed by atoms with E-state index in [1.165, 1.54) is 40.6 Å². The van der Waals surface area contributed by atoms with Gasteiger partial charge in [0.25, 0.3) is 0 Å². The second-order valence-electron chi connectivity index (χ2n) is 5.11. The SMILES string of the molecule is CCNC(c1cc2c(s1)CCC2)c1cc(F)ccc1Cl. The molecule has 0 amide bonds. The maximum absolute atomic E-state index is 13.5. The summed E-state index contributed by atoms with van der Waals surface area (Å²) in [5.41, 5.74) is 2.29. The fourth-order valence-corrected chi connectivity index (χ4v) is 4.38. The van der Waals surface area contributed by atoms with Crippen molar-refractivity contribution in [2.75, 3.05) is 6.54 Å². The Balaban J connectivity index is 2.01. The van der Waals surface area contributed by atoms with Gasteiger partial charge in [-0.3, -0.25) is 0 Å². The fourth-order valence-electron chi connectivity index (χ4n) is 2.80. The maximum atomic E-state index is 13.5. The zero-order valence-corrected chi connectivity index (χ0v) is 13.0. The molecule has 0 spiro atoms. The minimum atomic E-state index is -0.239. The summed E-state index contributed by atoms with van der Waals surface area (Å²) in [6.07, 6.45) is 3.60. The number of fused-ring (bicyclic) bond motifs is 1. The van der Waals surface area contributed by atoms with Crippen LogP contribution in [0.25, 0.3) is 0 Å². The Morgan fingerprint density at radius 1 is 1.35 bits per heavy atom. The lowest BCUT2D eigenvalue weighted by Crippen LogP contribution is -2.21. The smallest absolute Gasteiger partial charge is 0.123 e. The molecular formula is C16H17ClFNS. The van der Waals surface area contributed by atoms with Crippen molar-refractivity contribution in [3.8, 4) is 0 Å². The minimum Gasteiger partial charge on any atom is -0.306 e. The molecule has 20 heavy (non-hydrogen) atoms. The van der Waals surface area contributed by atoms with E-state index in [0.29, 0.717) is 5.02 Å². The molecule has 0 radical (unpaired) electrons. The molecule has 0 bridgehead atoms. The molecule has 1 aliphatic rings. The third kappa shape index (κ3) is 2.62. The van der Waals surface area contributed by atoms with Crippen LogP contribution < -0.4 is 5.32 Å². The molecule has 106 valence electrons. The summed E-state index contributed by atoms with van der Waals surface area (Å²) < 4.78 is 13.5. The van der Waals surface area contributed by atoms with Crippen LogP contribution in [0.5, 0.6) is 0 Å². The second kappa shape index (κ2) is 5.84. The van der Waals surface area contributed by atoms with Gasteiger partial charge in [-0.15, -0.1) is 11.3 Å². The molecule has 1 N–H and O–H groups in total. The average Bonchev–Trinajstić information content (AvgIpc) is 3.00. The van der Waals surface area contributed by atoms with Gasteiger partial charge in [0.15, 0.2) is 0 Å². The molecule has 1 aliphatic carbocycles. The van der Waals surface area contributed by atoms with E-state index in [2.05, 4.69) is 18.3 Å². The summed E-state index contributed by atoms with van der Waals surface area (Å²) >= 11 is 8.10. The van der Waals surface area contributed by atoms with E-state index in [0.717, 1.165) is 12.1 Å². The quantitative estimate of drug-likeness (QED) is 0.861. The number of benzene rings is 1. The van der Waals surface area contributed by atoms with Crippen LogP contribution in [-0.4, -0.2) is 6.54 Å². The number of rotatable bonds is 4. The van der Waals surface area contributed by atoms with Gasteiger partial charge in [0.05, 0.1) is 6.04 Å². The maximum Gasteiger partial charge on any atom is 0.123 e. The molecule has 0 saturated heterocycles. The van der Waals surface area contributed by atoms with Gasteiger partial charge in [0, 0.05) is 14.8 Å². The van der Waals surface area contributed by atoms with Crippen LogP contribution in [0.1, 0.15) is 40.3 Å². The van der Waals surface area contributed by atoms with Gasteiger partial charge in [-0.1, -0.05) is 18.5 Å². The van der Waals surface area contributed by atoms with Gasteiger partial charge in [-0.25, -0.2) is 4.39 Å². The molecule has 2 aromatic rings. The first kappa shape index (κ1) is 14.1. The lowest BCUT2D eigenvalue weighted by Gasteiger charge is -2.18. The number of hydrogen-bond donors (Lipinski definition) is 1. The van der Waals surface area contributed by atoms with Gasteiger partial charge in [0.1, 0.15) is 5.82 Å². The summed E-state index contributed by atoms with van der Waals surface area (Å²) in [4.78, 5) is 2.72. The average molecular weight is 310 g/mol. The Morgan fingerprint density at radius 2 is 2.20 bits per heavy atom. The summed E-state index contributed by atoms with van der Waals surface area (Å²) in [5, 5.41) is 4.05. The summed E-state index contributed by atoms with van der Waals surface area (Å²) in [7, 11) is 0. The van der Waals surface area contributed by atoms with Crippen molar-refractivity contribution in [1.29, 1.82) is 0 Å². The molecule has 1 nitrogen and oxygen atoms in total. The van der Waals surface area contributed by atoms with E-state index in [1.807, 2.05) is 11.3 Å². The summed E-state index contributed by atoms with van der Waals surface area (Å²) in [6, 6.07) is 6.84. The first-order valence-electron chi connectivity index (χ1n) is 6.99. The highest BCUT2D eigenvalue weighted by molar-refractivity contribution is 7.12. The molecule has 1 aromatic carbocycles. The van der Waals surface area contributed by atoms with Crippen molar-refractivity contribution in [2.45, 2.75) is 32.2 Å². The van der Waals surface area contributed by atoms with E-state index in [9.17, 15) is 4.39 Å². The molecule has 0 saturated carbocycles. The van der Waals surface area contributed by atoms with Crippen LogP contribution in [0.3, 0.4) is 0 Å². The molecule has 1 unspecified atom stereocenters. The molecule has 0 fully saturated rings. The molecule has 4 heteroatoms. The summed E-state index contributed by atoms with van der Waals surface area (Å²) in [5.74, 6) is -0.239. The normalized spacial score (nSPS) is 15.3. The predicted octanol–water partition coefficient (Wildman–Crippen LogP) is 4.73. The first-order chi connectivity index (χ1) is 9.69. The molecule has 1 atom stereocenters. The molecule has 1 aromatic heterocycles. The van der Waals surface area contributed by atoms with Gasteiger partial charge in [-0.2, -0.15) is 0 Å². The van der Waals surface area contributed by atoms with E-state index < -0.39 is 0 Å². The Hall–Kier alpha value is -0.900. The number of thiophene rings is 1. The van der Waals surface area contributed by atoms with Crippen LogP contribution in [0.2, 0.25) is 5.02 Å². The zero-order valence-electron chi connectivity index (χ0n) is 11.4. The van der Waals surface area contributed by atoms with Crippen molar-refractivity contribution in [3.63, 3.8) is 0 Å². The van der Waals surface area contributed by atoms with Crippen LogP contribution in [-0.2, 0) is 12.8 Å². The molecular weight excluding hydrogens is 293 g/mol. The van der Waals surface area contributed by atoms with Crippen LogP contribution in [0, 0.1) is 5.82 Å². The van der Waals surface area contributed by atoms with Crippen molar-refractivity contribution in [3.05, 3.63) is 56.0 Å². The third-order valence-electron chi connectivity index (χ3n) is 3.73. The van der Waals surface area contributed by atoms with Crippen LogP contribution in [0.15, 0.2) is 24.3 Å². The topological polar surface area (TPSA) is 12.0 Å². The van der Waals surface area contributed by atoms with Crippen molar-refractivity contribution < 1.29 is 4.39 Å². The Kier molecular flexibility index (Phi) is 4.11. The molecule has 3 rings (SSSR count). The lowest BCUT2D eigenvalue weighted by atomic mass is 10.0. The van der Waals surface area contributed by atoms with E-state index in [-0.39, 0.29) is 11.9 Å². The van der Waals surface area contributed by atoms with Crippen LogP contribution in [0.4, 0.5) is 4.39 Å². The largest absolute Gasteiger partial charge is 0.306 e. The fraction of sp³-hybridized carbons (Fsp3) is 0.375. The number of hydrogen-bond acceptors (Lipinski definition) is 2. The van der Waals surface area contributed by atoms with Gasteiger partial charge in [-0.05, 0) is 61.2 Å². The Labute approximate surface area is 127 Å². The van der Waals surface area contributed by atoms with Crippen molar-refractivity contribution >= 4 is 22.9 Å². The lowest BCUT2D eigenvalue weighted by molar-refractivity contribution is 0.607. The predicted molar refractivity (Wildman–Crippen MR) is 83.3 cm³/mol. The highest BCUT2D eigenvalue weighted by Gasteiger charge is 2.22. The van der Waals surface area contributed by atoms with Crippen LogP contribution >= 0.6 is 22.9 Å². The molecule has 1 heterocycles. The van der Waals surface area contributed by atoms with E-state index in [1.54, 1.807) is 12.1 Å². The molecule has 0 aliphatic heterocycles. The zero-order chi connectivity index (χ0) is 14.1. The Morgan fingerprint density at radius 3 is 2.95 bits per heavy atom. The third-order valence-corrected chi connectivity index (χ3v) is 5.37. The highest BCUT2D eigenvalue weighted by atomic mass is 35.5. The van der Waals surface area contributed by atoms with E-state index in [4.69, 9.17) is 11.6 Å². The number of halogens is 2. The number of aryl methyl sites for hydroxylation is 2. The monoisotopic (exact) mass is 309 g/mol. The Bertz CT molecular complexity index is 601. The van der Waals surface area contributed by atoms with Crippen molar-refractivity contribution in [1.82, 2.24) is 5.32 Å². The first-order valence-corrected chi connectivity index (χ1v) is 8.18. The van der Waals surface area contributed by atoms with E-state index >= 15 is 0 Å². The standard InChI is InChI=1S/C16H17ClFNS/c1-2-19-16(12-9-11(18)6-7-13(12)17)15-8-10-4-3-5-14(10)20-15/h6-9,16,19H,2-5H2,1H3. The highest BCUT2D eigenvalue weighted by Crippen LogP contribution is 2.38. The van der Waals surface area contributed by atoms with Gasteiger partial charge < -0.3 is 5.32 Å². The van der Waals surface area contributed by atoms with Crippen molar-refractivity contribution in [2.24, 2.45) is 0 Å². The van der Waals surface area contributed by atoms with Gasteiger partial charge in [0.2, 0.25) is 0 Å². The summed E-state index contributed by atoms with van der Waals surface area (Å²) in [6.45, 7) is 2.88. The van der Waals surface area contributed by atoms with Gasteiger partial charge >= 0.3 is 0 Å². The second-order valence-corrected chi connectivity index (χ2v) is 6.68. The number of nitrogens with one attached hydrogen (secondary N) is 1.